The van der Waals surface area contributed by atoms with Crippen molar-refractivity contribution in [2.75, 3.05) is 39.2 Å². The Hall–Kier alpha value is -3.06. The van der Waals surface area contributed by atoms with Gasteiger partial charge in [0.25, 0.3) is 0 Å². The van der Waals surface area contributed by atoms with Crippen LogP contribution in [0.2, 0.25) is 0 Å². The number of para-hydroxylation sites is 1. The van der Waals surface area contributed by atoms with Crippen LogP contribution in [-0.2, 0) is 16.0 Å². The largest absolute Gasteiger partial charge is 0.497 e. The second kappa shape index (κ2) is 11.4. The van der Waals surface area contributed by atoms with Crippen LogP contribution in [-0.4, -0.2) is 56.6 Å². The molecule has 31 heavy (non-hydrogen) atoms. The number of ether oxygens (including phenoxy) is 2. The van der Waals surface area contributed by atoms with E-state index in [0.717, 1.165) is 48.7 Å². The number of nitrogens with zero attached hydrogens (tertiary/aromatic N) is 1. The van der Waals surface area contributed by atoms with Gasteiger partial charge in [-0.05, 0) is 49.1 Å². The third kappa shape index (κ3) is 7.29. The molecule has 1 fully saturated rings. The summed E-state index contributed by atoms with van der Waals surface area (Å²) in [5.74, 6) is 1.47. The Kier molecular flexibility index (Phi) is 8.29. The predicted molar refractivity (Wildman–Crippen MR) is 121 cm³/mol. The summed E-state index contributed by atoms with van der Waals surface area (Å²) in [4.78, 5) is 26.7. The van der Waals surface area contributed by atoms with E-state index in [4.69, 9.17) is 9.47 Å². The number of piperidine rings is 1. The molecule has 1 aliphatic rings. The molecule has 166 valence electrons. The van der Waals surface area contributed by atoms with E-state index in [1.54, 1.807) is 14.2 Å². The van der Waals surface area contributed by atoms with Crippen molar-refractivity contribution in [2.45, 2.75) is 31.7 Å². The first-order chi connectivity index (χ1) is 15.1. The molecule has 0 saturated carbocycles. The SMILES string of the molecule is COc1cc(CCC(=O)NC2CCN(CC(=O)Nc3ccccc3)CC2)cc(OC)c1. The number of aryl methyl sites for hydroxylation is 1. The normalized spacial score (nSPS) is 14.6. The molecule has 1 aliphatic heterocycles. The molecule has 0 aliphatic carbocycles. The van der Waals surface area contributed by atoms with E-state index in [1.807, 2.05) is 48.5 Å². The fourth-order valence-corrected chi connectivity index (χ4v) is 3.73. The zero-order valence-electron chi connectivity index (χ0n) is 18.2. The molecule has 0 aromatic heterocycles. The average Bonchev–Trinajstić information content (AvgIpc) is 2.79. The van der Waals surface area contributed by atoms with Crippen LogP contribution in [0, 0.1) is 0 Å². The molecular formula is C24H31N3O4. The molecular weight excluding hydrogens is 394 g/mol. The minimum absolute atomic E-state index is 0.0117. The van der Waals surface area contributed by atoms with Crippen molar-refractivity contribution in [1.82, 2.24) is 10.2 Å². The summed E-state index contributed by atoms with van der Waals surface area (Å²) in [7, 11) is 3.23. The first-order valence-electron chi connectivity index (χ1n) is 10.6. The minimum atomic E-state index is -0.0117. The number of hydrogen-bond acceptors (Lipinski definition) is 5. The predicted octanol–water partition coefficient (Wildman–Crippen LogP) is 2.86. The van der Waals surface area contributed by atoms with E-state index in [2.05, 4.69) is 15.5 Å². The van der Waals surface area contributed by atoms with Crippen molar-refractivity contribution in [3.63, 3.8) is 0 Å². The van der Waals surface area contributed by atoms with E-state index in [0.29, 0.717) is 19.4 Å². The van der Waals surface area contributed by atoms with E-state index >= 15 is 0 Å². The number of hydrogen-bond donors (Lipinski definition) is 2. The third-order valence-corrected chi connectivity index (χ3v) is 5.43. The third-order valence-electron chi connectivity index (χ3n) is 5.43. The van der Waals surface area contributed by atoms with Crippen molar-refractivity contribution in [3.05, 3.63) is 54.1 Å². The number of amides is 2. The summed E-state index contributed by atoms with van der Waals surface area (Å²) >= 11 is 0. The quantitative estimate of drug-likeness (QED) is 0.646. The molecule has 1 heterocycles. The van der Waals surface area contributed by atoms with Gasteiger partial charge in [-0.1, -0.05) is 18.2 Å². The molecule has 3 rings (SSSR count). The van der Waals surface area contributed by atoms with Crippen molar-refractivity contribution in [1.29, 1.82) is 0 Å². The lowest BCUT2D eigenvalue weighted by Crippen LogP contribution is -2.46. The Morgan fingerprint density at radius 3 is 2.23 bits per heavy atom. The second-order valence-corrected chi connectivity index (χ2v) is 7.75. The topological polar surface area (TPSA) is 79.9 Å². The number of methoxy groups -OCH3 is 2. The van der Waals surface area contributed by atoms with Crippen LogP contribution < -0.4 is 20.1 Å². The molecule has 0 atom stereocenters. The highest BCUT2D eigenvalue weighted by Crippen LogP contribution is 2.23. The molecule has 2 aromatic rings. The van der Waals surface area contributed by atoms with Gasteiger partial charge in [0, 0.05) is 37.3 Å². The van der Waals surface area contributed by atoms with Gasteiger partial charge >= 0.3 is 0 Å². The molecule has 0 spiro atoms. The fourth-order valence-electron chi connectivity index (χ4n) is 3.73. The summed E-state index contributed by atoms with van der Waals surface area (Å²) in [6.45, 7) is 1.95. The number of carbonyl (C=O) groups excluding carboxylic acids is 2. The van der Waals surface area contributed by atoms with E-state index in [9.17, 15) is 9.59 Å². The van der Waals surface area contributed by atoms with E-state index < -0.39 is 0 Å². The molecule has 2 aromatic carbocycles. The average molecular weight is 426 g/mol. The lowest BCUT2D eigenvalue weighted by molar-refractivity contribution is -0.122. The highest BCUT2D eigenvalue weighted by atomic mass is 16.5. The van der Waals surface area contributed by atoms with Crippen LogP contribution in [0.15, 0.2) is 48.5 Å². The second-order valence-electron chi connectivity index (χ2n) is 7.75. The zero-order valence-corrected chi connectivity index (χ0v) is 18.2. The van der Waals surface area contributed by atoms with Gasteiger partial charge in [-0.15, -0.1) is 0 Å². The molecule has 0 unspecified atom stereocenters. The van der Waals surface area contributed by atoms with Crippen LogP contribution in [0.5, 0.6) is 11.5 Å². The van der Waals surface area contributed by atoms with Gasteiger partial charge in [-0.3, -0.25) is 14.5 Å². The van der Waals surface area contributed by atoms with Crippen molar-refractivity contribution in [3.8, 4) is 11.5 Å². The Morgan fingerprint density at radius 1 is 0.968 bits per heavy atom. The van der Waals surface area contributed by atoms with Gasteiger partial charge in [0.1, 0.15) is 11.5 Å². The van der Waals surface area contributed by atoms with Crippen LogP contribution in [0.25, 0.3) is 0 Å². The number of likely N-dealkylation sites (tertiary alicyclic amines) is 1. The summed E-state index contributed by atoms with van der Waals surface area (Å²) in [6, 6.07) is 15.3. The molecule has 7 nitrogen and oxygen atoms in total. The Balaban J connectivity index is 1.37. The van der Waals surface area contributed by atoms with Gasteiger partial charge in [0.05, 0.1) is 20.8 Å². The monoisotopic (exact) mass is 425 g/mol. The van der Waals surface area contributed by atoms with Crippen molar-refractivity contribution >= 4 is 17.5 Å². The van der Waals surface area contributed by atoms with Gasteiger partial charge in [0.15, 0.2) is 0 Å². The number of rotatable bonds is 9. The van der Waals surface area contributed by atoms with Gasteiger partial charge in [-0.2, -0.15) is 0 Å². The standard InChI is InChI=1S/C24H31N3O4/c1-30-21-14-18(15-22(16-21)31-2)8-9-23(28)25-20-10-12-27(13-11-20)17-24(29)26-19-6-4-3-5-7-19/h3-7,14-16,20H,8-13,17H2,1-2H3,(H,25,28)(H,26,29). The number of benzene rings is 2. The Bertz CT molecular complexity index is 842. The number of carbonyl (C=O) groups is 2. The summed E-state index contributed by atoms with van der Waals surface area (Å²) in [6.07, 6.45) is 2.72. The van der Waals surface area contributed by atoms with Crippen LogP contribution in [0.4, 0.5) is 5.69 Å². The van der Waals surface area contributed by atoms with Crippen molar-refractivity contribution in [2.24, 2.45) is 0 Å². The maximum atomic E-state index is 12.4. The highest BCUT2D eigenvalue weighted by molar-refractivity contribution is 5.92. The molecule has 0 radical (unpaired) electrons. The molecule has 2 N–H and O–H groups in total. The van der Waals surface area contributed by atoms with E-state index in [-0.39, 0.29) is 17.9 Å². The van der Waals surface area contributed by atoms with E-state index in [1.165, 1.54) is 0 Å². The zero-order chi connectivity index (χ0) is 22.1. The maximum Gasteiger partial charge on any atom is 0.238 e. The highest BCUT2D eigenvalue weighted by Gasteiger charge is 2.22. The van der Waals surface area contributed by atoms with Gasteiger partial charge < -0.3 is 20.1 Å². The van der Waals surface area contributed by atoms with Crippen LogP contribution in [0.3, 0.4) is 0 Å². The summed E-state index contributed by atoms with van der Waals surface area (Å²) < 4.78 is 10.6. The fraction of sp³-hybridized carbons (Fsp3) is 0.417. The van der Waals surface area contributed by atoms with Gasteiger partial charge in [0.2, 0.25) is 11.8 Å². The van der Waals surface area contributed by atoms with Crippen LogP contribution >= 0.6 is 0 Å². The summed E-state index contributed by atoms with van der Waals surface area (Å²) in [5, 5.41) is 6.04. The number of anilines is 1. The first kappa shape index (κ1) is 22.6. The first-order valence-corrected chi connectivity index (χ1v) is 10.6. The summed E-state index contributed by atoms with van der Waals surface area (Å²) in [5.41, 5.74) is 1.81. The van der Waals surface area contributed by atoms with Gasteiger partial charge in [-0.25, -0.2) is 0 Å². The molecule has 2 amide bonds. The lowest BCUT2D eigenvalue weighted by atomic mass is 10.0. The lowest BCUT2D eigenvalue weighted by Gasteiger charge is -2.31. The molecule has 1 saturated heterocycles. The van der Waals surface area contributed by atoms with Crippen molar-refractivity contribution < 1.29 is 19.1 Å². The maximum absolute atomic E-state index is 12.4. The minimum Gasteiger partial charge on any atom is -0.497 e. The molecule has 0 bridgehead atoms. The molecule has 7 heteroatoms. The van der Waals surface area contributed by atoms with Crippen LogP contribution in [0.1, 0.15) is 24.8 Å². The number of nitrogens with one attached hydrogen (secondary N) is 2. The Morgan fingerprint density at radius 2 is 1.61 bits per heavy atom. The Labute approximate surface area is 183 Å². The smallest absolute Gasteiger partial charge is 0.238 e.